The Morgan fingerprint density at radius 2 is 1.89 bits per heavy atom. The van der Waals surface area contributed by atoms with Crippen LogP contribution in [-0.4, -0.2) is 17.4 Å². The predicted octanol–water partition coefficient (Wildman–Crippen LogP) is 4.45. The summed E-state index contributed by atoms with van der Waals surface area (Å²) in [5, 5.41) is 3.67. The van der Waals surface area contributed by atoms with Crippen molar-refractivity contribution >= 4 is 17.2 Å². The van der Waals surface area contributed by atoms with Gasteiger partial charge in [-0.05, 0) is 55.7 Å². The van der Waals surface area contributed by atoms with Crippen molar-refractivity contribution in [2.75, 3.05) is 6.54 Å². The molecule has 0 saturated carbocycles. The van der Waals surface area contributed by atoms with E-state index in [0.29, 0.717) is 27.9 Å². The standard InChI is InChI=1S/C21H21FN2O2S/c1-14-5-3-4-6-16(14)11-12-23-21(25)20-15(2)24-19(27-20)13-26-18-9-7-17(22)8-10-18/h3-10H,11-13H2,1-2H3,(H,23,25). The number of carbonyl (C=O) groups is 1. The van der Waals surface area contributed by atoms with Gasteiger partial charge in [0.05, 0.1) is 5.69 Å². The lowest BCUT2D eigenvalue weighted by molar-refractivity contribution is 0.0957. The zero-order valence-corrected chi connectivity index (χ0v) is 16.1. The van der Waals surface area contributed by atoms with Gasteiger partial charge in [0.1, 0.15) is 28.1 Å². The van der Waals surface area contributed by atoms with Crippen molar-refractivity contribution in [3.05, 3.63) is 81.1 Å². The summed E-state index contributed by atoms with van der Waals surface area (Å²) >= 11 is 1.32. The number of aryl methyl sites for hydroxylation is 2. The molecule has 1 heterocycles. The molecule has 1 N–H and O–H groups in total. The Kier molecular flexibility index (Phi) is 6.19. The van der Waals surface area contributed by atoms with Crippen LogP contribution < -0.4 is 10.1 Å². The van der Waals surface area contributed by atoms with Crippen molar-refractivity contribution in [3.8, 4) is 5.75 Å². The molecule has 0 saturated heterocycles. The first-order chi connectivity index (χ1) is 13.0. The van der Waals surface area contributed by atoms with Gasteiger partial charge in [-0.25, -0.2) is 9.37 Å². The number of carbonyl (C=O) groups excluding carboxylic acids is 1. The molecule has 3 aromatic rings. The van der Waals surface area contributed by atoms with Crippen LogP contribution in [0.1, 0.15) is 31.5 Å². The fourth-order valence-electron chi connectivity index (χ4n) is 2.68. The van der Waals surface area contributed by atoms with Gasteiger partial charge < -0.3 is 10.1 Å². The average molecular weight is 384 g/mol. The van der Waals surface area contributed by atoms with E-state index in [9.17, 15) is 9.18 Å². The molecule has 6 heteroatoms. The van der Waals surface area contributed by atoms with Crippen molar-refractivity contribution in [3.63, 3.8) is 0 Å². The van der Waals surface area contributed by atoms with E-state index < -0.39 is 0 Å². The zero-order valence-electron chi connectivity index (χ0n) is 15.3. The van der Waals surface area contributed by atoms with Crippen LogP contribution in [-0.2, 0) is 13.0 Å². The molecule has 27 heavy (non-hydrogen) atoms. The fourth-order valence-corrected chi connectivity index (χ4v) is 3.58. The van der Waals surface area contributed by atoms with E-state index in [1.54, 1.807) is 12.1 Å². The molecule has 0 radical (unpaired) electrons. The number of thiazole rings is 1. The average Bonchev–Trinajstić information content (AvgIpc) is 3.03. The minimum Gasteiger partial charge on any atom is -0.486 e. The molecule has 140 valence electrons. The first kappa shape index (κ1) is 19.0. The van der Waals surface area contributed by atoms with Crippen LogP contribution in [0.3, 0.4) is 0 Å². The predicted molar refractivity (Wildman–Crippen MR) is 105 cm³/mol. The number of hydrogen-bond acceptors (Lipinski definition) is 4. The van der Waals surface area contributed by atoms with E-state index in [0.717, 1.165) is 6.42 Å². The van der Waals surface area contributed by atoms with Crippen LogP contribution >= 0.6 is 11.3 Å². The topological polar surface area (TPSA) is 51.2 Å². The van der Waals surface area contributed by atoms with Crippen LogP contribution in [0.2, 0.25) is 0 Å². The van der Waals surface area contributed by atoms with Crippen LogP contribution in [0.4, 0.5) is 4.39 Å². The van der Waals surface area contributed by atoms with Crippen molar-refractivity contribution in [1.82, 2.24) is 10.3 Å². The Morgan fingerprint density at radius 1 is 1.15 bits per heavy atom. The molecule has 2 aromatic carbocycles. The van der Waals surface area contributed by atoms with E-state index in [2.05, 4.69) is 29.4 Å². The van der Waals surface area contributed by atoms with Gasteiger partial charge in [-0.3, -0.25) is 4.79 Å². The Morgan fingerprint density at radius 3 is 2.63 bits per heavy atom. The quantitative estimate of drug-likeness (QED) is 0.655. The molecular weight excluding hydrogens is 363 g/mol. The maximum Gasteiger partial charge on any atom is 0.263 e. The Balaban J connectivity index is 1.54. The molecule has 0 spiro atoms. The van der Waals surface area contributed by atoms with Gasteiger partial charge in [0.15, 0.2) is 0 Å². The third kappa shape index (κ3) is 5.14. The lowest BCUT2D eigenvalue weighted by atomic mass is 10.1. The normalized spacial score (nSPS) is 10.6. The molecule has 0 aliphatic rings. The van der Waals surface area contributed by atoms with Gasteiger partial charge in [-0.2, -0.15) is 0 Å². The summed E-state index contributed by atoms with van der Waals surface area (Å²) < 4.78 is 18.5. The second-order valence-electron chi connectivity index (χ2n) is 6.20. The Bertz CT molecular complexity index is 922. The summed E-state index contributed by atoms with van der Waals surface area (Å²) in [5.41, 5.74) is 3.14. The minimum atomic E-state index is -0.308. The molecule has 0 bridgehead atoms. The van der Waals surface area contributed by atoms with E-state index in [1.165, 1.54) is 34.6 Å². The van der Waals surface area contributed by atoms with Crippen LogP contribution in [0, 0.1) is 19.7 Å². The number of rotatable bonds is 7. The van der Waals surface area contributed by atoms with E-state index >= 15 is 0 Å². The number of ether oxygens (including phenoxy) is 1. The van der Waals surface area contributed by atoms with Gasteiger partial charge in [-0.15, -0.1) is 11.3 Å². The molecule has 1 aromatic heterocycles. The second-order valence-corrected chi connectivity index (χ2v) is 7.28. The van der Waals surface area contributed by atoms with Crippen molar-refractivity contribution in [1.29, 1.82) is 0 Å². The molecule has 0 aliphatic heterocycles. The lowest BCUT2D eigenvalue weighted by Gasteiger charge is -2.06. The minimum absolute atomic E-state index is 0.119. The number of nitrogens with one attached hydrogen (secondary N) is 1. The van der Waals surface area contributed by atoms with E-state index in [4.69, 9.17) is 4.74 Å². The van der Waals surface area contributed by atoms with Gasteiger partial charge in [0, 0.05) is 6.54 Å². The molecule has 0 unspecified atom stereocenters. The smallest absolute Gasteiger partial charge is 0.263 e. The molecular formula is C21H21FN2O2S. The third-order valence-electron chi connectivity index (χ3n) is 4.16. The van der Waals surface area contributed by atoms with Crippen molar-refractivity contribution < 1.29 is 13.9 Å². The van der Waals surface area contributed by atoms with Gasteiger partial charge in [0.2, 0.25) is 0 Å². The highest BCUT2D eigenvalue weighted by molar-refractivity contribution is 7.13. The number of hydrogen-bond donors (Lipinski definition) is 1. The SMILES string of the molecule is Cc1ccccc1CCNC(=O)c1sc(COc2ccc(F)cc2)nc1C. The number of nitrogens with zero attached hydrogens (tertiary/aromatic N) is 1. The van der Waals surface area contributed by atoms with Gasteiger partial charge in [-0.1, -0.05) is 24.3 Å². The highest BCUT2D eigenvalue weighted by Crippen LogP contribution is 2.20. The summed E-state index contributed by atoms with van der Waals surface area (Å²) in [7, 11) is 0. The van der Waals surface area contributed by atoms with Crippen molar-refractivity contribution in [2.24, 2.45) is 0 Å². The monoisotopic (exact) mass is 384 g/mol. The van der Waals surface area contributed by atoms with Crippen LogP contribution in [0.25, 0.3) is 0 Å². The Labute approximate surface area is 162 Å². The highest BCUT2D eigenvalue weighted by Gasteiger charge is 2.15. The first-order valence-electron chi connectivity index (χ1n) is 8.70. The zero-order chi connectivity index (χ0) is 19.2. The fraction of sp³-hybridized carbons (Fsp3) is 0.238. The van der Waals surface area contributed by atoms with Crippen LogP contribution in [0.5, 0.6) is 5.75 Å². The maximum absolute atomic E-state index is 12.9. The van der Waals surface area contributed by atoms with Crippen LogP contribution in [0.15, 0.2) is 48.5 Å². The largest absolute Gasteiger partial charge is 0.486 e. The highest BCUT2D eigenvalue weighted by atomic mass is 32.1. The summed E-state index contributed by atoms with van der Waals surface area (Å²) in [4.78, 5) is 17.4. The second kappa shape index (κ2) is 8.77. The van der Waals surface area contributed by atoms with E-state index in [-0.39, 0.29) is 18.3 Å². The third-order valence-corrected chi connectivity index (χ3v) is 5.29. The summed E-state index contributed by atoms with van der Waals surface area (Å²) in [6.07, 6.45) is 0.788. The summed E-state index contributed by atoms with van der Waals surface area (Å²) in [6, 6.07) is 14.0. The molecule has 0 atom stereocenters. The number of aromatic nitrogens is 1. The van der Waals surface area contributed by atoms with E-state index in [1.807, 2.05) is 19.1 Å². The molecule has 1 amide bonds. The maximum atomic E-state index is 12.9. The first-order valence-corrected chi connectivity index (χ1v) is 9.52. The number of halogens is 1. The lowest BCUT2D eigenvalue weighted by Crippen LogP contribution is -2.25. The number of benzene rings is 2. The van der Waals surface area contributed by atoms with Crippen molar-refractivity contribution in [2.45, 2.75) is 26.9 Å². The molecule has 4 nitrogen and oxygen atoms in total. The van der Waals surface area contributed by atoms with Gasteiger partial charge >= 0.3 is 0 Å². The van der Waals surface area contributed by atoms with Gasteiger partial charge in [0.25, 0.3) is 5.91 Å². The summed E-state index contributed by atoms with van der Waals surface area (Å²) in [5.74, 6) is 0.136. The molecule has 0 aliphatic carbocycles. The summed E-state index contributed by atoms with van der Waals surface area (Å²) in [6.45, 7) is 4.70. The molecule has 0 fully saturated rings. The Hall–Kier alpha value is -2.73. The number of amides is 1. The molecule has 3 rings (SSSR count).